The summed E-state index contributed by atoms with van der Waals surface area (Å²) in [5.41, 5.74) is 9.12. The molecule has 0 spiro atoms. The van der Waals surface area contributed by atoms with Crippen LogP contribution in [0.4, 0.5) is 0 Å². The van der Waals surface area contributed by atoms with Gasteiger partial charge in [-0.3, -0.25) is 4.99 Å². The Kier molecular flexibility index (Phi) is 4.52. The molecule has 0 unspecified atom stereocenters. The Balaban J connectivity index is 3.24. The largest absolute Gasteiger partial charge is 0.508 e. The molecule has 0 amide bonds. The first-order valence-corrected chi connectivity index (χ1v) is 5.45. The molecule has 0 aliphatic rings. The van der Waals surface area contributed by atoms with Crippen LogP contribution in [0.25, 0.3) is 0 Å². The number of aryl methyl sites for hydroxylation is 1. The molecule has 1 aromatic rings. The summed E-state index contributed by atoms with van der Waals surface area (Å²) in [6, 6.07) is 5.17. The van der Waals surface area contributed by atoms with Gasteiger partial charge in [0.2, 0.25) is 0 Å². The molecule has 0 aromatic heterocycles. The third-order valence-corrected chi connectivity index (χ3v) is 2.44. The average Bonchev–Trinajstić information content (AvgIpc) is 2.32. The maximum atomic E-state index is 9.51. The van der Waals surface area contributed by atoms with E-state index in [2.05, 4.69) is 4.99 Å². The fourth-order valence-corrected chi connectivity index (χ4v) is 1.55. The van der Waals surface area contributed by atoms with E-state index < -0.39 is 0 Å². The average molecular weight is 230 g/mol. The zero-order valence-electron chi connectivity index (χ0n) is 10.4. The highest BCUT2D eigenvalue weighted by molar-refractivity contribution is 6.13. The summed E-state index contributed by atoms with van der Waals surface area (Å²) in [6.45, 7) is 3.88. The maximum absolute atomic E-state index is 9.51. The second-order valence-corrected chi connectivity index (χ2v) is 3.72. The van der Waals surface area contributed by atoms with Crippen LogP contribution in [0.3, 0.4) is 0 Å². The highest BCUT2D eigenvalue weighted by atomic mass is 16.3. The Morgan fingerprint density at radius 3 is 2.71 bits per heavy atom. The first kappa shape index (κ1) is 13.0. The van der Waals surface area contributed by atoms with Crippen molar-refractivity contribution >= 4 is 5.71 Å². The van der Waals surface area contributed by atoms with E-state index in [0.29, 0.717) is 11.4 Å². The van der Waals surface area contributed by atoms with Crippen LogP contribution in [0, 0.1) is 6.92 Å². The van der Waals surface area contributed by atoms with Crippen LogP contribution in [0.2, 0.25) is 0 Å². The van der Waals surface area contributed by atoms with Crippen molar-refractivity contribution in [3.05, 3.63) is 53.3 Å². The second-order valence-electron chi connectivity index (χ2n) is 3.72. The first-order valence-electron chi connectivity index (χ1n) is 5.45. The van der Waals surface area contributed by atoms with Crippen molar-refractivity contribution in [1.82, 2.24) is 0 Å². The molecule has 0 bridgehead atoms. The minimum Gasteiger partial charge on any atom is -0.508 e. The van der Waals surface area contributed by atoms with Gasteiger partial charge >= 0.3 is 0 Å². The molecule has 90 valence electrons. The van der Waals surface area contributed by atoms with Crippen molar-refractivity contribution in [2.24, 2.45) is 10.7 Å². The predicted octanol–water partition coefficient (Wildman–Crippen LogP) is 2.54. The summed E-state index contributed by atoms with van der Waals surface area (Å²) in [5.74, 6) is 0.214. The molecule has 0 aliphatic carbocycles. The number of allylic oxidation sites excluding steroid dienone is 4. The van der Waals surface area contributed by atoms with Crippen LogP contribution in [-0.4, -0.2) is 17.9 Å². The van der Waals surface area contributed by atoms with Crippen molar-refractivity contribution < 1.29 is 5.11 Å². The Morgan fingerprint density at radius 2 is 2.12 bits per heavy atom. The fraction of sp³-hybridized carbons (Fsp3) is 0.214. The molecular weight excluding hydrogens is 212 g/mol. The lowest BCUT2D eigenvalue weighted by Gasteiger charge is -2.09. The number of aromatic hydroxyl groups is 1. The zero-order chi connectivity index (χ0) is 12.8. The lowest BCUT2D eigenvalue weighted by Crippen LogP contribution is -2.14. The molecular formula is C14H18N2O. The van der Waals surface area contributed by atoms with Gasteiger partial charge in [0.1, 0.15) is 5.75 Å². The summed E-state index contributed by atoms with van der Waals surface area (Å²) in [6.07, 6.45) is 5.56. The number of phenolic OH excluding ortho intramolecular Hbond substituents is 1. The molecule has 3 nitrogen and oxygen atoms in total. The van der Waals surface area contributed by atoms with E-state index in [1.165, 1.54) is 0 Å². The third-order valence-electron chi connectivity index (χ3n) is 2.44. The summed E-state index contributed by atoms with van der Waals surface area (Å²) >= 11 is 0. The van der Waals surface area contributed by atoms with Crippen LogP contribution in [-0.2, 0) is 0 Å². The van der Waals surface area contributed by atoms with E-state index in [0.717, 1.165) is 11.1 Å². The molecule has 1 aromatic carbocycles. The van der Waals surface area contributed by atoms with E-state index in [1.54, 1.807) is 25.3 Å². The Bertz CT molecular complexity index is 485. The normalized spacial score (nSPS) is 13.4. The van der Waals surface area contributed by atoms with E-state index >= 15 is 0 Å². The molecule has 0 radical (unpaired) electrons. The fourth-order valence-electron chi connectivity index (χ4n) is 1.55. The minimum atomic E-state index is 0.214. The summed E-state index contributed by atoms with van der Waals surface area (Å²) in [7, 11) is 1.69. The van der Waals surface area contributed by atoms with Gasteiger partial charge in [0.05, 0.1) is 11.4 Å². The Labute approximate surface area is 102 Å². The highest BCUT2D eigenvalue weighted by Crippen LogP contribution is 2.18. The lowest BCUT2D eigenvalue weighted by atomic mass is 10.0. The Hall–Kier alpha value is -2.03. The van der Waals surface area contributed by atoms with Crippen molar-refractivity contribution in [2.45, 2.75) is 13.8 Å². The van der Waals surface area contributed by atoms with E-state index in [1.807, 2.05) is 32.1 Å². The van der Waals surface area contributed by atoms with Crippen LogP contribution < -0.4 is 5.73 Å². The second kappa shape index (κ2) is 5.89. The molecule has 0 atom stereocenters. The van der Waals surface area contributed by atoms with E-state index in [-0.39, 0.29) is 5.75 Å². The van der Waals surface area contributed by atoms with Crippen molar-refractivity contribution in [2.75, 3.05) is 7.05 Å². The van der Waals surface area contributed by atoms with Crippen LogP contribution in [0.5, 0.6) is 5.75 Å². The number of nitrogens with zero attached hydrogens (tertiary/aromatic N) is 1. The quantitative estimate of drug-likeness (QED) is 0.619. The van der Waals surface area contributed by atoms with Gasteiger partial charge in [-0.25, -0.2) is 0 Å². The third kappa shape index (κ3) is 3.21. The first-order chi connectivity index (χ1) is 8.10. The predicted molar refractivity (Wildman–Crippen MR) is 72.4 cm³/mol. The Morgan fingerprint density at radius 1 is 1.41 bits per heavy atom. The number of rotatable bonds is 3. The number of phenols is 1. The van der Waals surface area contributed by atoms with E-state index in [9.17, 15) is 5.11 Å². The van der Waals surface area contributed by atoms with Gasteiger partial charge in [0.25, 0.3) is 0 Å². The smallest absolute Gasteiger partial charge is 0.116 e. The SMILES string of the molecule is C/C=C\C=C(/N)C(=NC)c1cc(O)ccc1C. The van der Waals surface area contributed by atoms with Crippen LogP contribution >= 0.6 is 0 Å². The van der Waals surface area contributed by atoms with Gasteiger partial charge in [-0.15, -0.1) is 0 Å². The summed E-state index contributed by atoms with van der Waals surface area (Å²) in [4.78, 5) is 4.19. The number of nitrogens with two attached hydrogens (primary N) is 1. The molecule has 0 fully saturated rings. The van der Waals surface area contributed by atoms with Crippen LogP contribution in [0.15, 0.2) is 47.1 Å². The van der Waals surface area contributed by atoms with Gasteiger partial charge in [-0.1, -0.05) is 18.2 Å². The summed E-state index contributed by atoms with van der Waals surface area (Å²) in [5, 5.41) is 9.51. The maximum Gasteiger partial charge on any atom is 0.116 e. The van der Waals surface area contributed by atoms with Gasteiger partial charge in [0, 0.05) is 12.6 Å². The molecule has 0 aliphatic heterocycles. The molecule has 3 heteroatoms. The van der Waals surface area contributed by atoms with Gasteiger partial charge in [-0.05, 0) is 37.6 Å². The van der Waals surface area contributed by atoms with Gasteiger partial charge < -0.3 is 10.8 Å². The van der Waals surface area contributed by atoms with Crippen molar-refractivity contribution in [1.29, 1.82) is 0 Å². The lowest BCUT2D eigenvalue weighted by molar-refractivity contribution is 0.475. The molecule has 0 saturated heterocycles. The number of benzene rings is 1. The van der Waals surface area contributed by atoms with Gasteiger partial charge in [0.15, 0.2) is 0 Å². The standard InChI is InChI=1S/C14H18N2O/c1-4-5-6-13(15)14(16-3)12-9-11(17)8-7-10(12)2/h4-9,17H,15H2,1-3H3/b5-4-,13-6-,16-14?. The number of hydrogen-bond acceptors (Lipinski definition) is 3. The van der Waals surface area contributed by atoms with Crippen LogP contribution in [0.1, 0.15) is 18.1 Å². The molecule has 0 saturated carbocycles. The number of hydrogen-bond donors (Lipinski definition) is 2. The van der Waals surface area contributed by atoms with Crippen molar-refractivity contribution in [3.8, 4) is 5.75 Å². The molecule has 1 rings (SSSR count). The monoisotopic (exact) mass is 230 g/mol. The number of aliphatic imine (C=N–C) groups is 1. The summed E-state index contributed by atoms with van der Waals surface area (Å²) < 4.78 is 0. The molecule has 0 heterocycles. The van der Waals surface area contributed by atoms with Gasteiger partial charge in [-0.2, -0.15) is 0 Å². The topological polar surface area (TPSA) is 58.6 Å². The minimum absolute atomic E-state index is 0.214. The van der Waals surface area contributed by atoms with E-state index in [4.69, 9.17) is 5.73 Å². The molecule has 17 heavy (non-hydrogen) atoms. The highest BCUT2D eigenvalue weighted by Gasteiger charge is 2.09. The zero-order valence-corrected chi connectivity index (χ0v) is 10.4. The van der Waals surface area contributed by atoms with Crippen molar-refractivity contribution in [3.63, 3.8) is 0 Å². The molecule has 3 N–H and O–H groups in total.